The first kappa shape index (κ1) is 43.0. The quantitative estimate of drug-likeness (QED) is 0.204. The van der Waals surface area contributed by atoms with E-state index >= 15 is 0 Å². The van der Waals surface area contributed by atoms with Crippen LogP contribution in [0.25, 0.3) is 0 Å². The van der Waals surface area contributed by atoms with E-state index in [9.17, 15) is 4.79 Å². The molecule has 0 fully saturated rings. The minimum atomic E-state index is -0.913. The normalized spacial score (nSPS) is 7.75. The van der Waals surface area contributed by atoms with Crippen molar-refractivity contribution in [2.75, 3.05) is 12.0 Å². The number of hydrogen-bond donors (Lipinski definition) is 4. The number of halogens is 1. The van der Waals surface area contributed by atoms with Crippen LogP contribution in [0.5, 0.6) is 0 Å². The third-order valence-electron chi connectivity index (χ3n) is 0.950. The van der Waals surface area contributed by atoms with Crippen molar-refractivity contribution in [2.45, 2.75) is 12.5 Å². The van der Waals surface area contributed by atoms with E-state index in [1.165, 1.54) is 0 Å². The van der Waals surface area contributed by atoms with Gasteiger partial charge in [0.1, 0.15) is 6.04 Å². The third kappa shape index (κ3) is 36.0. The van der Waals surface area contributed by atoms with Crippen LogP contribution in [0.15, 0.2) is 0 Å². The summed E-state index contributed by atoms with van der Waals surface area (Å²) in [6.45, 7) is 0. The van der Waals surface area contributed by atoms with E-state index in [-0.39, 0.29) is 85.8 Å². The van der Waals surface area contributed by atoms with E-state index in [1.54, 1.807) is 11.8 Å². The molecule has 0 aromatic rings. The van der Waals surface area contributed by atoms with Crippen LogP contribution < -0.4 is 47.0 Å². The molecule has 0 amide bonds. The Morgan fingerprint density at radius 3 is 2.00 bits per heavy atom. The summed E-state index contributed by atoms with van der Waals surface area (Å²) in [7, 11) is 0. The fourth-order valence-corrected chi connectivity index (χ4v) is 0.858. The number of nitrogens with two attached hydrogens (primary N) is 3. The van der Waals surface area contributed by atoms with Crippen LogP contribution in [0.2, 0.25) is 0 Å². The first-order chi connectivity index (χ1) is 5.18. The fraction of sp³-hybridized carbons (Fsp3) is 0.800. The fourth-order valence-electron chi connectivity index (χ4n) is 0.368. The molecule has 1 unspecified atom stereocenters. The summed E-state index contributed by atoms with van der Waals surface area (Å²) < 4.78 is 0. The van der Waals surface area contributed by atoms with E-state index in [4.69, 9.17) is 10.8 Å². The van der Waals surface area contributed by atoms with E-state index < -0.39 is 12.0 Å². The smallest absolute Gasteiger partial charge is 1.00 e. The maximum atomic E-state index is 10.1. The summed E-state index contributed by atoms with van der Waals surface area (Å²) in [6, 6.07) is -0.683. The van der Waals surface area contributed by atoms with E-state index in [1.807, 2.05) is 6.26 Å². The summed E-state index contributed by atoms with van der Waals surface area (Å²) in [6.07, 6.45) is 2.48. The molecule has 0 aliphatic heterocycles. The second-order valence-corrected chi connectivity index (χ2v) is 2.71. The second-order valence-electron chi connectivity index (χ2n) is 1.73. The van der Waals surface area contributed by atoms with Gasteiger partial charge in [-0.2, -0.15) is 11.8 Å². The van der Waals surface area contributed by atoms with Crippen molar-refractivity contribution >= 4 is 30.1 Å². The Hall–Kier alpha value is 2.11. The Labute approximate surface area is 154 Å². The Bertz CT molecular complexity index is 130. The Morgan fingerprint density at radius 1 is 1.50 bits per heavy atom. The van der Waals surface area contributed by atoms with E-state index in [0.29, 0.717) is 6.42 Å². The zero-order chi connectivity index (χ0) is 9.28. The van der Waals surface area contributed by atoms with Crippen LogP contribution in [0.4, 0.5) is 0 Å². The summed E-state index contributed by atoms with van der Waals surface area (Å²) >= 11 is 1.60. The van der Waals surface area contributed by atoms with Gasteiger partial charge >= 0.3 is 35.5 Å². The van der Waals surface area contributed by atoms with Gasteiger partial charge in [-0.3, -0.25) is 16.5 Å². The molecule has 0 aliphatic rings. The number of aliphatic carboxylic acids is 1. The molecule has 9 N–H and O–H groups in total. The van der Waals surface area contributed by atoms with Crippen molar-refractivity contribution in [1.82, 2.24) is 0 Å². The standard InChI is InChI=1S/C5H11NO2S.ClH.H4N2.Na.Ni.H2O.Pd.H/c1-9-3-2-4(6)5(7)8;;1-2;;;;;/h4H,2-3,6H2,1H3,(H,7,8);1H;1-2H2;;;1H2;;/q;;;+1;;;;-1. The molecule has 0 aromatic carbocycles. The molecule has 0 spiro atoms. The van der Waals surface area contributed by atoms with Crippen molar-refractivity contribution in [3.05, 3.63) is 0 Å². The number of carboxylic acid groups (broad SMARTS) is 1. The molecule has 0 saturated carbocycles. The number of rotatable bonds is 4. The van der Waals surface area contributed by atoms with E-state index in [2.05, 4.69) is 11.7 Å². The van der Waals surface area contributed by atoms with Crippen LogP contribution >= 0.6 is 24.2 Å². The average Bonchev–Trinajstić information content (AvgIpc) is 2.03. The molecular weight excluding hydrogens is 406 g/mol. The first-order valence-corrected chi connectivity index (χ1v) is 4.38. The molecular formula is C5H19ClN3NaNiO3PdS. The van der Waals surface area contributed by atoms with Crippen LogP contribution in [-0.2, 0) is 41.7 Å². The molecule has 0 heterocycles. The van der Waals surface area contributed by atoms with Crippen LogP contribution in [-0.4, -0.2) is 34.6 Å². The molecule has 0 saturated heterocycles. The third-order valence-corrected chi connectivity index (χ3v) is 1.59. The minimum absolute atomic E-state index is 0. The van der Waals surface area contributed by atoms with Crippen molar-refractivity contribution in [1.29, 1.82) is 0 Å². The predicted molar refractivity (Wildman–Crippen MR) is 59.0 cm³/mol. The average molecular weight is 425 g/mol. The Balaban J connectivity index is -0.0000000160. The maximum Gasteiger partial charge on any atom is 1.00 e. The van der Waals surface area contributed by atoms with Gasteiger partial charge in [0.15, 0.2) is 0 Å². The van der Waals surface area contributed by atoms with Gasteiger partial charge in [0, 0.05) is 36.9 Å². The molecule has 106 valence electrons. The van der Waals surface area contributed by atoms with Crippen molar-refractivity contribution in [3.63, 3.8) is 0 Å². The minimum Gasteiger partial charge on any atom is -1.00 e. The summed E-state index contributed by atoms with van der Waals surface area (Å²) in [5.41, 5.74) is 5.19. The van der Waals surface area contributed by atoms with Crippen molar-refractivity contribution < 1.29 is 83.3 Å². The SMILES string of the molecule is CSCCC(N)C(=O)O.Cl.NN.O.[H-].[Na+].[Ni].[Pd]. The second kappa shape index (κ2) is 36.0. The number of thioether (sulfide) groups is 1. The Morgan fingerprint density at radius 2 is 1.81 bits per heavy atom. The summed E-state index contributed by atoms with van der Waals surface area (Å²) in [4.78, 5) is 10.1. The summed E-state index contributed by atoms with van der Waals surface area (Å²) in [5.74, 6) is 7.90. The monoisotopic (exact) mass is 423 g/mol. The van der Waals surface area contributed by atoms with Gasteiger partial charge < -0.3 is 17.7 Å². The maximum absolute atomic E-state index is 10.1. The molecule has 6 nitrogen and oxygen atoms in total. The van der Waals surface area contributed by atoms with Gasteiger partial charge in [-0.05, 0) is 18.4 Å². The summed E-state index contributed by atoms with van der Waals surface area (Å²) in [5, 5.41) is 8.27. The van der Waals surface area contributed by atoms with Crippen LogP contribution in [0, 0.1) is 0 Å². The van der Waals surface area contributed by atoms with Gasteiger partial charge in [0.2, 0.25) is 0 Å². The van der Waals surface area contributed by atoms with Gasteiger partial charge in [-0.15, -0.1) is 12.4 Å². The van der Waals surface area contributed by atoms with Gasteiger partial charge in [-0.25, -0.2) is 0 Å². The van der Waals surface area contributed by atoms with Gasteiger partial charge in [0.25, 0.3) is 0 Å². The van der Waals surface area contributed by atoms with Crippen LogP contribution in [0.1, 0.15) is 7.85 Å². The molecule has 16 heavy (non-hydrogen) atoms. The molecule has 0 rings (SSSR count). The van der Waals surface area contributed by atoms with Gasteiger partial charge in [-0.1, -0.05) is 0 Å². The van der Waals surface area contributed by atoms with Crippen molar-refractivity contribution in [3.8, 4) is 0 Å². The topological polar surface area (TPSA) is 147 Å². The predicted octanol–water partition coefficient (Wildman–Crippen LogP) is -4.32. The number of hydrogen-bond acceptors (Lipinski definition) is 5. The molecule has 11 heteroatoms. The zero-order valence-electron chi connectivity index (χ0n) is 10.0. The van der Waals surface area contributed by atoms with Gasteiger partial charge in [0.05, 0.1) is 0 Å². The molecule has 0 bridgehead atoms. The largest absolute Gasteiger partial charge is 1.00 e. The number of carboxylic acids is 1. The van der Waals surface area contributed by atoms with E-state index in [0.717, 1.165) is 5.75 Å². The molecule has 0 aromatic heterocycles. The zero-order valence-corrected chi connectivity index (χ0v) is 15.2. The van der Waals surface area contributed by atoms with Crippen molar-refractivity contribution in [2.24, 2.45) is 17.4 Å². The number of hydrazine groups is 1. The first-order valence-electron chi connectivity index (χ1n) is 2.99. The number of carbonyl (C=O) groups is 1. The Kier molecular flexibility index (Phi) is 96.6. The molecule has 1 atom stereocenters. The van der Waals surface area contributed by atoms with Crippen LogP contribution in [0.3, 0.4) is 0 Å². The molecule has 0 aliphatic carbocycles. The molecule has 0 radical (unpaired) electrons.